The van der Waals surface area contributed by atoms with E-state index < -0.39 is 41.6 Å². The molecule has 204 valence electrons. The Labute approximate surface area is 228 Å². The van der Waals surface area contributed by atoms with Crippen LogP contribution in [0, 0.1) is 17.8 Å². The van der Waals surface area contributed by atoms with Crippen molar-refractivity contribution in [3.8, 4) is 0 Å². The highest BCUT2D eigenvalue weighted by Crippen LogP contribution is 2.54. The molecule has 0 saturated carbocycles. The first-order valence-corrected chi connectivity index (χ1v) is 13.9. The zero-order chi connectivity index (χ0) is 27.0. The van der Waals surface area contributed by atoms with Crippen LogP contribution < -0.4 is 4.90 Å². The van der Waals surface area contributed by atoms with E-state index in [0.717, 1.165) is 19.3 Å². The molecule has 2 amide bonds. The number of hydrogen-bond acceptors (Lipinski definition) is 6. The van der Waals surface area contributed by atoms with E-state index in [-0.39, 0.29) is 37.5 Å². The quantitative estimate of drug-likeness (QED) is 0.452. The number of cyclic esters (lactones) is 1. The second-order valence-corrected chi connectivity index (χ2v) is 11.1. The van der Waals surface area contributed by atoms with Gasteiger partial charge in [0.25, 0.3) is 5.91 Å². The van der Waals surface area contributed by atoms with Crippen LogP contribution in [0.4, 0.5) is 5.69 Å². The number of amides is 2. The fourth-order valence-corrected chi connectivity index (χ4v) is 6.51. The number of hydrogen-bond donors (Lipinski definition) is 1. The first-order chi connectivity index (χ1) is 18.3. The van der Waals surface area contributed by atoms with Crippen molar-refractivity contribution in [3.63, 3.8) is 0 Å². The average Bonchev–Trinajstić information content (AvgIpc) is 3.30. The molecule has 4 heterocycles. The molecular formula is C29H35ClN2O6. The first kappa shape index (κ1) is 26.9. The van der Waals surface area contributed by atoms with Crippen molar-refractivity contribution in [3.05, 3.63) is 53.6 Å². The number of esters is 1. The van der Waals surface area contributed by atoms with E-state index in [1.165, 1.54) is 4.90 Å². The summed E-state index contributed by atoms with van der Waals surface area (Å²) < 4.78 is 12.3. The van der Waals surface area contributed by atoms with Crippen LogP contribution in [-0.2, 0) is 23.9 Å². The molecule has 0 aliphatic carbocycles. The van der Waals surface area contributed by atoms with Gasteiger partial charge in [0.05, 0.1) is 31.3 Å². The van der Waals surface area contributed by atoms with Crippen LogP contribution in [0.1, 0.15) is 39.5 Å². The van der Waals surface area contributed by atoms with E-state index in [9.17, 15) is 19.5 Å². The number of carbonyl (C=O) groups excluding carboxylic acids is 3. The minimum Gasteiger partial charge on any atom is -0.465 e. The van der Waals surface area contributed by atoms with Crippen molar-refractivity contribution in [2.75, 3.05) is 24.7 Å². The predicted octanol–water partition coefficient (Wildman–Crippen LogP) is 3.51. The third-order valence-electron chi connectivity index (χ3n) is 8.52. The molecule has 0 radical (unpaired) electrons. The summed E-state index contributed by atoms with van der Waals surface area (Å²) >= 11 is 6.10. The summed E-state index contributed by atoms with van der Waals surface area (Å²) in [6.07, 6.45) is 9.89. The largest absolute Gasteiger partial charge is 0.465 e. The van der Waals surface area contributed by atoms with Crippen LogP contribution in [-0.4, -0.2) is 71.3 Å². The highest BCUT2D eigenvalue weighted by molar-refractivity contribution is 6.30. The number of nitrogens with zero attached hydrogens (tertiary/aromatic N) is 2. The van der Waals surface area contributed by atoms with E-state index in [1.807, 2.05) is 32.1 Å². The van der Waals surface area contributed by atoms with Crippen LogP contribution in [0.5, 0.6) is 0 Å². The van der Waals surface area contributed by atoms with E-state index in [4.69, 9.17) is 21.1 Å². The Morgan fingerprint density at radius 1 is 1.13 bits per heavy atom. The Bertz CT molecular complexity index is 1140. The second kappa shape index (κ2) is 10.8. The zero-order valence-electron chi connectivity index (χ0n) is 21.8. The number of allylic oxidation sites excluding steroid dienone is 1. The molecule has 9 heteroatoms. The molecule has 1 aromatic rings. The summed E-state index contributed by atoms with van der Waals surface area (Å²) in [4.78, 5) is 45.3. The SMILES string of the molecule is CC[C@H](C)[C@H](CO)N1C(=O)[C@@H]2[C@@H]3C(=O)OCCCC/C=C\[C@@H]3O[C@@]23C=CCN(c2ccc(Cl)cc2)C(=O)C13. The number of rotatable bonds is 5. The number of benzene rings is 1. The number of aliphatic hydroxyl groups is 1. The normalized spacial score (nSPS) is 33.6. The van der Waals surface area contributed by atoms with Crippen molar-refractivity contribution < 1.29 is 29.0 Å². The van der Waals surface area contributed by atoms with Gasteiger partial charge in [-0.25, -0.2) is 0 Å². The fraction of sp³-hybridized carbons (Fsp3) is 0.552. The van der Waals surface area contributed by atoms with Gasteiger partial charge in [-0.15, -0.1) is 0 Å². The lowest BCUT2D eigenvalue weighted by molar-refractivity contribution is -0.155. The molecule has 8 nitrogen and oxygen atoms in total. The van der Waals surface area contributed by atoms with E-state index in [1.54, 1.807) is 35.2 Å². The molecule has 7 atom stereocenters. The van der Waals surface area contributed by atoms with Crippen LogP contribution >= 0.6 is 11.6 Å². The van der Waals surface area contributed by atoms with E-state index >= 15 is 0 Å². The monoisotopic (exact) mass is 542 g/mol. The minimum absolute atomic E-state index is 0.0875. The van der Waals surface area contributed by atoms with Gasteiger partial charge >= 0.3 is 5.97 Å². The van der Waals surface area contributed by atoms with Crippen LogP contribution in [0.2, 0.25) is 5.02 Å². The number of likely N-dealkylation sites (tertiary alicyclic amines) is 1. The molecule has 4 aliphatic rings. The molecule has 0 aromatic heterocycles. The smallest absolute Gasteiger partial charge is 0.312 e. The molecule has 2 saturated heterocycles. The summed E-state index contributed by atoms with van der Waals surface area (Å²) in [7, 11) is 0. The lowest BCUT2D eigenvalue weighted by Crippen LogP contribution is -2.59. The van der Waals surface area contributed by atoms with Gasteiger partial charge in [-0.05, 0) is 49.4 Å². The third-order valence-corrected chi connectivity index (χ3v) is 8.77. The van der Waals surface area contributed by atoms with Crippen LogP contribution in [0.15, 0.2) is 48.6 Å². The Morgan fingerprint density at radius 2 is 1.89 bits per heavy atom. The van der Waals surface area contributed by atoms with Crippen molar-refractivity contribution in [2.45, 2.75) is 63.3 Å². The summed E-state index contributed by atoms with van der Waals surface area (Å²) in [5, 5.41) is 11.0. The van der Waals surface area contributed by atoms with Gasteiger partial charge in [0, 0.05) is 17.3 Å². The lowest BCUT2D eigenvalue weighted by atomic mass is 9.78. The Morgan fingerprint density at radius 3 is 2.61 bits per heavy atom. The number of fused-ring (bicyclic) bond motifs is 2. The van der Waals surface area contributed by atoms with Gasteiger partial charge in [-0.2, -0.15) is 0 Å². The van der Waals surface area contributed by atoms with Gasteiger partial charge < -0.3 is 24.4 Å². The first-order valence-electron chi connectivity index (χ1n) is 13.5. The van der Waals surface area contributed by atoms with Crippen molar-refractivity contribution >= 4 is 35.1 Å². The number of carbonyl (C=O) groups is 3. The van der Waals surface area contributed by atoms with E-state index in [0.29, 0.717) is 17.1 Å². The minimum atomic E-state index is -1.37. The average molecular weight is 543 g/mol. The van der Waals surface area contributed by atoms with E-state index in [2.05, 4.69) is 0 Å². The molecule has 38 heavy (non-hydrogen) atoms. The molecule has 1 N–H and O–H groups in total. The number of halogens is 1. The van der Waals surface area contributed by atoms with Crippen LogP contribution in [0.3, 0.4) is 0 Å². The summed E-state index contributed by atoms with van der Waals surface area (Å²) in [6.45, 7) is 4.17. The topological polar surface area (TPSA) is 96.4 Å². The molecular weight excluding hydrogens is 508 g/mol. The van der Waals surface area contributed by atoms with Gasteiger partial charge in [-0.3, -0.25) is 14.4 Å². The maximum absolute atomic E-state index is 14.4. The molecule has 1 spiro atoms. The molecule has 2 fully saturated rings. The predicted molar refractivity (Wildman–Crippen MR) is 142 cm³/mol. The number of ether oxygens (including phenoxy) is 2. The Kier molecular flexibility index (Phi) is 7.67. The Balaban J connectivity index is 1.65. The highest BCUT2D eigenvalue weighted by Gasteiger charge is 2.72. The van der Waals surface area contributed by atoms with Crippen molar-refractivity contribution in [2.24, 2.45) is 17.8 Å². The molecule has 1 unspecified atom stereocenters. The fourth-order valence-electron chi connectivity index (χ4n) is 6.38. The second-order valence-electron chi connectivity index (χ2n) is 10.6. The molecule has 5 rings (SSSR count). The maximum atomic E-state index is 14.4. The van der Waals surface area contributed by atoms with Crippen LogP contribution in [0.25, 0.3) is 0 Å². The maximum Gasteiger partial charge on any atom is 0.312 e. The molecule has 4 aliphatic heterocycles. The lowest BCUT2D eigenvalue weighted by Gasteiger charge is -2.40. The van der Waals surface area contributed by atoms with Gasteiger partial charge in [0.2, 0.25) is 5.91 Å². The molecule has 0 bridgehead atoms. The van der Waals surface area contributed by atoms with Crippen molar-refractivity contribution in [1.82, 2.24) is 4.90 Å². The molecule has 1 aromatic carbocycles. The summed E-state index contributed by atoms with van der Waals surface area (Å²) in [5.74, 6) is -3.09. The van der Waals surface area contributed by atoms with Gasteiger partial charge in [-0.1, -0.05) is 56.2 Å². The number of anilines is 1. The summed E-state index contributed by atoms with van der Waals surface area (Å²) in [5.41, 5.74) is -0.736. The Hall–Kier alpha value is -2.68. The van der Waals surface area contributed by atoms with Gasteiger partial charge in [0.1, 0.15) is 17.6 Å². The number of aliphatic hydroxyl groups excluding tert-OH is 1. The standard InChI is InChI=1S/C29H35ClN2O6/c1-3-18(2)21(17-33)32-25-27(35)31(20-12-10-19(30)11-13-20)15-8-14-29(25)24(26(32)34)23-22(38-29)9-6-4-5-7-16-37-28(23)36/h6,8-14,18,21-25,33H,3-5,7,15-17H2,1-2H3/b9-6-/t18-,21-,22-,23+,24-,25?,29-/m0/s1. The highest BCUT2D eigenvalue weighted by atomic mass is 35.5. The third kappa shape index (κ3) is 4.36. The van der Waals surface area contributed by atoms with Gasteiger partial charge in [0.15, 0.2) is 0 Å². The summed E-state index contributed by atoms with van der Waals surface area (Å²) in [6, 6.07) is 5.28. The zero-order valence-corrected chi connectivity index (χ0v) is 22.5. The van der Waals surface area contributed by atoms with Crippen molar-refractivity contribution in [1.29, 1.82) is 0 Å².